The van der Waals surface area contributed by atoms with E-state index in [9.17, 15) is 0 Å². The number of para-hydroxylation sites is 1. The SMILES string of the molecule is Clc1cccc2c1oc1c(Br)cc(Br)cc12. The normalized spacial score (nSPS) is 11.4. The third kappa shape index (κ3) is 1.50. The molecule has 0 aliphatic carbocycles. The standard InChI is InChI=1S/C12H5Br2ClO/c13-6-4-8-7-2-1-3-10(15)12(7)16-11(8)9(14)5-6/h1-5H. The molecule has 0 radical (unpaired) electrons. The Labute approximate surface area is 114 Å². The van der Waals surface area contributed by atoms with E-state index in [4.69, 9.17) is 16.0 Å². The second kappa shape index (κ2) is 3.76. The third-order valence-electron chi connectivity index (χ3n) is 2.47. The predicted molar refractivity (Wildman–Crippen MR) is 74.1 cm³/mol. The van der Waals surface area contributed by atoms with Gasteiger partial charge in [-0.2, -0.15) is 0 Å². The van der Waals surface area contributed by atoms with Crippen molar-refractivity contribution < 1.29 is 4.42 Å². The number of halogens is 3. The van der Waals surface area contributed by atoms with Crippen LogP contribution in [0.4, 0.5) is 0 Å². The highest BCUT2D eigenvalue weighted by molar-refractivity contribution is 9.11. The third-order valence-corrected chi connectivity index (χ3v) is 3.81. The molecule has 0 atom stereocenters. The van der Waals surface area contributed by atoms with Crippen LogP contribution >= 0.6 is 43.5 Å². The van der Waals surface area contributed by atoms with E-state index in [1.807, 2.05) is 30.3 Å². The molecule has 0 spiro atoms. The van der Waals surface area contributed by atoms with Crippen LogP contribution in [-0.4, -0.2) is 0 Å². The number of furan rings is 1. The van der Waals surface area contributed by atoms with Crippen LogP contribution in [0, 0.1) is 0 Å². The Morgan fingerprint density at radius 1 is 1.00 bits per heavy atom. The molecule has 1 aromatic heterocycles. The van der Waals surface area contributed by atoms with Gasteiger partial charge in [-0.3, -0.25) is 0 Å². The van der Waals surface area contributed by atoms with Gasteiger partial charge >= 0.3 is 0 Å². The van der Waals surface area contributed by atoms with Gasteiger partial charge in [-0.25, -0.2) is 0 Å². The first kappa shape index (κ1) is 10.6. The molecular formula is C12H5Br2ClO. The molecule has 0 saturated heterocycles. The molecule has 1 heterocycles. The summed E-state index contributed by atoms with van der Waals surface area (Å²) < 4.78 is 7.70. The van der Waals surface area contributed by atoms with Crippen molar-refractivity contribution in [1.82, 2.24) is 0 Å². The summed E-state index contributed by atoms with van der Waals surface area (Å²) in [5.74, 6) is 0. The summed E-state index contributed by atoms with van der Waals surface area (Å²) in [4.78, 5) is 0. The summed E-state index contributed by atoms with van der Waals surface area (Å²) in [5.41, 5.74) is 1.56. The van der Waals surface area contributed by atoms with Crippen molar-refractivity contribution in [2.75, 3.05) is 0 Å². The molecule has 16 heavy (non-hydrogen) atoms. The van der Waals surface area contributed by atoms with E-state index in [2.05, 4.69) is 31.9 Å². The van der Waals surface area contributed by atoms with Crippen LogP contribution in [0.15, 0.2) is 43.7 Å². The Bertz CT molecular complexity index is 703. The fourth-order valence-corrected chi connectivity index (χ4v) is 3.31. The van der Waals surface area contributed by atoms with Crippen molar-refractivity contribution in [3.63, 3.8) is 0 Å². The van der Waals surface area contributed by atoms with Crippen LogP contribution in [0.25, 0.3) is 21.9 Å². The highest BCUT2D eigenvalue weighted by Gasteiger charge is 2.12. The van der Waals surface area contributed by atoms with Gasteiger partial charge in [-0.15, -0.1) is 0 Å². The minimum absolute atomic E-state index is 0.636. The topological polar surface area (TPSA) is 13.1 Å². The Balaban J connectivity index is 2.61. The largest absolute Gasteiger partial charge is 0.453 e. The Kier molecular flexibility index (Phi) is 2.50. The molecular weight excluding hydrogens is 355 g/mol. The van der Waals surface area contributed by atoms with Crippen LogP contribution in [0.3, 0.4) is 0 Å². The smallest absolute Gasteiger partial charge is 0.154 e. The molecule has 0 aliphatic heterocycles. The van der Waals surface area contributed by atoms with Gasteiger partial charge in [-0.1, -0.05) is 39.7 Å². The molecule has 0 N–H and O–H groups in total. The van der Waals surface area contributed by atoms with Gasteiger partial charge in [-0.05, 0) is 34.1 Å². The van der Waals surface area contributed by atoms with Gasteiger partial charge in [0.25, 0.3) is 0 Å². The second-order valence-electron chi connectivity index (χ2n) is 3.48. The zero-order valence-corrected chi connectivity index (χ0v) is 11.9. The van der Waals surface area contributed by atoms with Crippen molar-refractivity contribution in [3.8, 4) is 0 Å². The van der Waals surface area contributed by atoms with Gasteiger partial charge in [0, 0.05) is 15.2 Å². The van der Waals surface area contributed by atoms with E-state index >= 15 is 0 Å². The number of hydrogen-bond donors (Lipinski definition) is 0. The van der Waals surface area contributed by atoms with Gasteiger partial charge in [0.2, 0.25) is 0 Å². The van der Waals surface area contributed by atoms with Gasteiger partial charge < -0.3 is 4.42 Å². The summed E-state index contributed by atoms with van der Waals surface area (Å²) in [6.07, 6.45) is 0. The Morgan fingerprint density at radius 3 is 2.62 bits per heavy atom. The molecule has 0 unspecified atom stereocenters. The van der Waals surface area contributed by atoms with E-state index in [1.54, 1.807) is 0 Å². The fraction of sp³-hybridized carbons (Fsp3) is 0. The lowest BCUT2D eigenvalue weighted by atomic mass is 10.1. The number of rotatable bonds is 0. The van der Waals surface area contributed by atoms with Crippen molar-refractivity contribution in [2.45, 2.75) is 0 Å². The zero-order valence-electron chi connectivity index (χ0n) is 7.93. The molecule has 4 heteroatoms. The summed E-state index contributed by atoms with van der Waals surface area (Å²) in [7, 11) is 0. The van der Waals surface area contributed by atoms with E-state index in [1.165, 1.54) is 0 Å². The molecule has 3 rings (SSSR count). The number of benzene rings is 2. The average molecular weight is 360 g/mol. The van der Waals surface area contributed by atoms with Gasteiger partial charge in [0.15, 0.2) is 5.58 Å². The maximum Gasteiger partial charge on any atom is 0.154 e. The molecule has 1 nitrogen and oxygen atoms in total. The van der Waals surface area contributed by atoms with Crippen molar-refractivity contribution in [1.29, 1.82) is 0 Å². The molecule has 0 fully saturated rings. The van der Waals surface area contributed by atoms with Crippen molar-refractivity contribution >= 4 is 65.4 Å². The van der Waals surface area contributed by atoms with Crippen LogP contribution in [0.5, 0.6) is 0 Å². The Hall–Kier alpha value is -0.510. The average Bonchev–Trinajstić information content (AvgIpc) is 2.59. The Morgan fingerprint density at radius 2 is 1.81 bits per heavy atom. The summed E-state index contributed by atoms with van der Waals surface area (Å²) in [6, 6.07) is 9.75. The van der Waals surface area contributed by atoms with E-state index in [0.29, 0.717) is 5.02 Å². The molecule has 2 aromatic carbocycles. The van der Waals surface area contributed by atoms with Crippen LogP contribution < -0.4 is 0 Å². The minimum Gasteiger partial charge on any atom is -0.453 e. The summed E-state index contributed by atoms with van der Waals surface area (Å²) in [5, 5.41) is 2.72. The number of hydrogen-bond acceptors (Lipinski definition) is 1. The van der Waals surface area contributed by atoms with Crippen molar-refractivity contribution in [2.24, 2.45) is 0 Å². The fourth-order valence-electron chi connectivity index (χ4n) is 1.79. The van der Waals surface area contributed by atoms with Crippen molar-refractivity contribution in [3.05, 3.63) is 44.3 Å². The lowest BCUT2D eigenvalue weighted by Gasteiger charge is -1.94. The monoisotopic (exact) mass is 358 g/mol. The maximum absolute atomic E-state index is 6.10. The lowest BCUT2D eigenvalue weighted by molar-refractivity contribution is 0.667. The second-order valence-corrected chi connectivity index (χ2v) is 5.66. The summed E-state index contributed by atoms with van der Waals surface area (Å²) >= 11 is 13.1. The minimum atomic E-state index is 0.636. The quantitative estimate of drug-likeness (QED) is 0.496. The molecule has 0 saturated carbocycles. The molecule has 0 amide bonds. The van der Waals surface area contributed by atoms with Gasteiger partial charge in [0.05, 0.1) is 9.50 Å². The number of fused-ring (bicyclic) bond motifs is 3. The zero-order chi connectivity index (χ0) is 11.3. The van der Waals surface area contributed by atoms with Gasteiger partial charge in [0.1, 0.15) is 5.58 Å². The first-order valence-corrected chi connectivity index (χ1v) is 6.59. The summed E-state index contributed by atoms with van der Waals surface area (Å²) in [6.45, 7) is 0. The first-order chi connectivity index (χ1) is 7.66. The predicted octanol–water partition coefficient (Wildman–Crippen LogP) is 5.76. The highest BCUT2D eigenvalue weighted by Crippen LogP contribution is 2.38. The maximum atomic E-state index is 6.10. The molecule has 80 valence electrons. The van der Waals surface area contributed by atoms with E-state index in [0.717, 1.165) is 30.9 Å². The molecule has 0 aliphatic rings. The van der Waals surface area contributed by atoms with E-state index < -0.39 is 0 Å². The van der Waals surface area contributed by atoms with Crippen LogP contribution in [0.2, 0.25) is 5.02 Å². The molecule has 3 aromatic rings. The lowest BCUT2D eigenvalue weighted by Crippen LogP contribution is -1.70. The molecule has 0 bridgehead atoms. The highest BCUT2D eigenvalue weighted by atomic mass is 79.9. The van der Waals surface area contributed by atoms with E-state index in [-0.39, 0.29) is 0 Å². The first-order valence-electron chi connectivity index (χ1n) is 4.62. The van der Waals surface area contributed by atoms with Crippen LogP contribution in [-0.2, 0) is 0 Å². The van der Waals surface area contributed by atoms with Crippen LogP contribution in [0.1, 0.15) is 0 Å².